The Kier molecular flexibility index (Phi) is 6.05. The van der Waals surface area contributed by atoms with Gasteiger partial charge in [0.05, 0.1) is 0 Å². The largest absolute Gasteiger partial charge is 0.370 e. The van der Waals surface area contributed by atoms with Crippen LogP contribution in [0.15, 0.2) is 11.2 Å². The highest BCUT2D eigenvalue weighted by molar-refractivity contribution is 7.98. The molecule has 0 fully saturated rings. The first-order valence-electron chi connectivity index (χ1n) is 5.02. The predicted molar refractivity (Wildman–Crippen MR) is 70.0 cm³/mol. The lowest BCUT2D eigenvalue weighted by molar-refractivity contribution is 0.784. The molecule has 1 heterocycles. The maximum atomic E-state index is 5.86. The predicted octanol–water partition coefficient (Wildman–Crippen LogP) is 3.07. The molecule has 0 saturated carbocycles. The van der Waals surface area contributed by atoms with Gasteiger partial charge in [0.25, 0.3) is 0 Å². The van der Waals surface area contributed by atoms with E-state index in [9.17, 15) is 0 Å². The number of terminal acetylenes is 1. The molecule has 1 aromatic rings. The quantitative estimate of drug-likeness (QED) is 0.279. The van der Waals surface area contributed by atoms with Gasteiger partial charge in [-0.3, -0.25) is 0 Å². The monoisotopic (exact) mass is 255 g/mol. The molecular formula is C11H14ClN3S. The molecule has 0 aliphatic rings. The highest BCUT2D eigenvalue weighted by atomic mass is 35.5. The van der Waals surface area contributed by atoms with E-state index in [1.807, 2.05) is 6.26 Å². The van der Waals surface area contributed by atoms with Crippen LogP contribution >= 0.6 is 23.4 Å². The van der Waals surface area contributed by atoms with Gasteiger partial charge in [0.1, 0.15) is 11.0 Å². The number of hydrogen-bond donors (Lipinski definition) is 1. The smallest absolute Gasteiger partial charge is 0.190 e. The molecule has 0 radical (unpaired) electrons. The van der Waals surface area contributed by atoms with Crippen molar-refractivity contribution in [3.8, 4) is 12.3 Å². The van der Waals surface area contributed by atoms with Gasteiger partial charge in [-0.15, -0.1) is 12.3 Å². The van der Waals surface area contributed by atoms with Gasteiger partial charge in [0.15, 0.2) is 5.16 Å². The number of nitrogens with zero attached hydrogens (tertiary/aromatic N) is 2. The van der Waals surface area contributed by atoms with Crippen molar-refractivity contribution in [1.82, 2.24) is 9.97 Å². The molecule has 0 bridgehead atoms. The van der Waals surface area contributed by atoms with E-state index in [-0.39, 0.29) is 0 Å². The first-order chi connectivity index (χ1) is 7.76. The molecule has 0 amide bonds. The average molecular weight is 256 g/mol. The van der Waals surface area contributed by atoms with Crippen molar-refractivity contribution in [3.05, 3.63) is 11.2 Å². The lowest BCUT2D eigenvalue weighted by atomic mass is 10.2. The fourth-order valence-electron chi connectivity index (χ4n) is 1.15. The van der Waals surface area contributed by atoms with Gasteiger partial charge in [-0.1, -0.05) is 23.4 Å². The zero-order valence-corrected chi connectivity index (χ0v) is 10.7. The summed E-state index contributed by atoms with van der Waals surface area (Å²) in [5, 5.41) is 4.34. The second kappa shape index (κ2) is 7.37. The van der Waals surface area contributed by atoms with E-state index in [0.29, 0.717) is 10.3 Å². The molecule has 0 aliphatic carbocycles. The molecule has 16 heavy (non-hydrogen) atoms. The Hall–Kier alpha value is -0.920. The van der Waals surface area contributed by atoms with Crippen molar-refractivity contribution >= 4 is 29.2 Å². The molecule has 86 valence electrons. The van der Waals surface area contributed by atoms with Crippen LogP contribution in [0.2, 0.25) is 5.15 Å². The Morgan fingerprint density at radius 2 is 2.31 bits per heavy atom. The zero-order valence-electron chi connectivity index (χ0n) is 9.16. The molecule has 3 nitrogen and oxygen atoms in total. The molecule has 0 saturated heterocycles. The number of hydrogen-bond acceptors (Lipinski definition) is 4. The molecule has 0 aromatic carbocycles. The van der Waals surface area contributed by atoms with E-state index < -0.39 is 0 Å². The molecule has 1 aromatic heterocycles. The van der Waals surface area contributed by atoms with Crippen LogP contribution in [0.5, 0.6) is 0 Å². The van der Waals surface area contributed by atoms with Crippen molar-refractivity contribution in [1.29, 1.82) is 0 Å². The van der Waals surface area contributed by atoms with Gasteiger partial charge in [-0.2, -0.15) is 0 Å². The van der Waals surface area contributed by atoms with E-state index in [1.54, 1.807) is 6.07 Å². The van der Waals surface area contributed by atoms with Crippen molar-refractivity contribution < 1.29 is 0 Å². The first-order valence-corrected chi connectivity index (χ1v) is 6.62. The lowest BCUT2D eigenvalue weighted by Gasteiger charge is -2.06. The van der Waals surface area contributed by atoms with Crippen molar-refractivity contribution in [2.75, 3.05) is 18.1 Å². The van der Waals surface area contributed by atoms with Crippen LogP contribution < -0.4 is 5.32 Å². The number of thioether (sulfide) groups is 1. The van der Waals surface area contributed by atoms with E-state index in [4.69, 9.17) is 18.0 Å². The number of unbranched alkanes of at least 4 members (excludes halogenated alkanes) is 2. The standard InChI is InChI=1S/C11H14ClN3S/c1-3-4-5-6-7-13-10-8-9(12)14-11(15-10)16-2/h1,8H,4-7H2,2H3,(H,13,14,15). The van der Waals surface area contributed by atoms with Gasteiger partial charge in [0, 0.05) is 19.0 Å². The minimum atomic E-state index is 0.463. The summed E-state index contributed by atoms with van der Waals surface area (Å²) in [6.45, 7) is 0.850. The maximum absolute atomic E-state index is 5.86. The molecule has 5 heteroatoms. The molecular weight excluding hydrogens is 242 g/mol. The summed E-state index contributed by atoms with van der Waals surface area (Å²) in [5.41, 5.74) is 0. The highest BCUT2D eigenvalue weighted by Crippen LogP contribution is 2.17. The number of aromatic nitrogens is 2. The van der Waals surface area contributed by atoms with Gasteiger partial charge in [-0.25, -0.2) is 9.97 Å². The second-order valence-corrected chi connectivity index (χ2v) is 4.31. The van der Waals surface area contributed by atoms with Crippen LogP contribution in [0, 0.1) is 12.3 Å². The highest BCUT2D eigenvalue weighted by Gasteiger charge is 2.01. The van der Waals surface area contributed by atoms with Crippen LogP contribution in [0.1, 0.15) is 19.3 Å². The molecule has 1 rings (SSSR count). The lowest BCUT2D eigenvalue weighted by Crippen LogP contribution is -2.04. The second-order valence-electron chi connectivity index (χ2n) is 3.15. The van der Waals surface area contributed by atoms with Gasteiger partial charge in [-0.05, 0) is 19.1 Å². The van der Waals surface area contributed by atoms with E-state index >= 15 is 0 Å². The normalized spacial score (nSPS) is 9.81. The third-order valence-corrected chi connectivity index (χ3v) is 2.65. The van der Waals surface area contributed by atoms with Gasteiger partial charge in [0.2, 0.25) is 0 Å². The Morgan fingerprint density at radius 3 is 3.00 bits per heavy atom. The number of halogens is 1. The minimum absolute atomic E-state index is 0.463. The van der Waals surface area contributed by atoms with E-state index in [0.717, 1.165) is 31.6 Å². The van der Waals surface area contributed by atoms with Crippen LogP contribution in [0.4, 0.5) is 5.82 Å². The summed E-state index contributed by atoms with van der Waals surface area (Å²) in [4.78, 5) is 8.35. The van der Waals surface area contributed by atoms with Crippen LogP contribution in [-0.2, 0) is 0 Å². The Bertz CT molecular complexity index is 376. The van der Waals surface area contributed by atoms with Crippen LogP contribution in [-0.4, -0.2) is 22.8 Å². The van der Waals surface area contributed by atoms with Gasteiger partial charge >= 0.3 is 0 Å². The van der Waals surface area contributed by atoms with Gasteiger partial charge < -0.3 is 5.32 Å². The maximum Gasteiger partial charge on any atom is 0.190 e. The molecule has 0 aliphatic heterocycles. The number of nitrogens with one attached hydrogen (secondary N) is 1. The van der Waals surface area contributed by atoms with Crippen LogP contribution in [0.3, 0.4) is 0 Å². The first kappa shape index (κ1) is 13.1. The fourth-order valence-corrected chi connectivity index (χ4v) is 1.76. The summed E-state index contributed by atoms with van der Waals surface area (Å²) in [7, 11) is 0. The summed E-state index contributed by atoms with van der Waals surface area (Å²) in [6.07, 6.45) is 9.96. The summed E-state index contributed by atoms with van der Waals surface area (Å²) < 4.78 is 0. The summed E-state index contributed by atoms with van der Waals surface area (Å²) in [6, 6.07) is 1.72. The van der Waals surface area contributed by atoms with E-state index in [2.05, 4.69) is 21.2 Å². The van der Waals surface area contributed by atoms with Crippen molar-refractivity contribution in [2.24, 2.45) is 0 Å². The molecule has 0 spiro atoms. The van der Waals surface area contributed by atoms with Crippen LogP contribution in [0.25, 0.3) is 0 Å². The SMILES string of the molecule is C#CCCCCNc1cc(Cl)nc(SC)n1. The minimum Gasteiger partial charge on any atom is -0.370 e. The third-order valence-electron chi connectivity index (χ3n) is 1.91. The van der Waals surface area contributed by atoms with Crippen molar-refractivity contribution in [3.63, 3.8) is 0 Å². The third kappa shape index (κ3) is 4.73. The summed E-state index contributed by atoms with van der Waals surface area (Å²) >= 11 is 7.33. The number of rotatable bonds is 6. The molecule has 0 unspecified atom stereocenters. The fraction of sp³-hybridized carbons (Fsp3) is 0.455. The Balaban J connectivity index is 2.41. The Morgan fingerprint density at radius 1 is 1.50 bits per heavy atom. The number of anilines is 1. The summed E-state index contributed by atoms with van der Waals surface area (Å²) in [5.74, 6) is 3.38. The Labute approximate surface area is 105 Å². The topological polar surface area (TPSA) is 37.8 Å². The molecule has 0 atom stereocenters. The van der Waals surface area contributed by atoms with E-state index in [1.165, 1.54) is 11.8 Å². The van der Waals surface area contributed by atoms with Crippen molar-refractivity contribution in [2.45, 2.75) is 24.4 Å². The molecule has 1 N–H and O–H groups in total. The average Bonchev–Trinajstić information content (AvgIpc) is 2.28. The zero-order chi connectivity index (χ0) is 11.8.